The summed E-state index contributed by atoms with van der Waals surface area (Å²) in [6.45, 7) is -1.06. The first-order valence-corrected chi connectivity index (χ1v) is 27.4. The average molecular weight is 1410 g/mol. The highest BCUT2D eigenvalue weighted by molar-refractivity contribution is 6.03. The van der Waals surface area contributed by atoms with Crippen LogP contribution in [0.1, 0.15) is 65.5 Å². The first-order valence-electron chi connectivity index (χ1n) is 27.4. The van der Waals surface area contributed by atoms with Gasteiger partial charge in [0.25, 0.3) is 5.91 Å². The van der Waals surface area contributed by atoms with Crippen LogP contribution in [-0.4, -0.2) is 112 Å². The maximum Gasteiger partial charge on any atom is 0.416 e. The normalized spacial score (nSPS) is 11.1. The van der Waals surface area contributed by atoms with Crippen LogP contribution < -0.4 is 11.1 Å². The van der Waals surface area contributed by atoms with E-state index in [-0.39, 0.29) is 64.7 Å². The number of aromatic amines is 1. The summed E-state index contributed by atoms with van der Waals surface area (Å²) in [7, 11) is 0. The molecule has 1 amide bonds. The number of nitrogen functional groups attached to an aromatic ring is 1. The molecule has 100 heavy (non-hydrogen) atoms. The van der Waals surface area contributed by atoms with Gasteiger partial charge in [-0.25, -0.2) is 4.79 Å². The van der Waals surface area contributed by atoms with Gasteiger partial charge in [0.05, 0.1) is 88.3 Å². The Kier molecular flexibility index (Phi) is 24.8. The van der Waals surface area contributed by atoms with Gasteiger partial charge in [-0.15, -0.1) is 0 Å². The van der Waals surface area contributed by atoms with Crippen molar-refractivity contribution in [3.05, 3.63) is 260 Å². The molecule has 0 saturated heterocycles. The molecule has 0 aromatic carbocycles. The summed E-state index contributed by atoms with van der Waals surface area (Å²) >= 11 is 0. The van der Waals surface area contributed by atoms with Gasteiger partial charge in [-0.1, -0.05) is 22.4 Å². The van der Waals surface area contributed by atoms with E-state index in [1.807, 2.05) is 0 Å². The van der Waals surface area contributed by atoms with Gasteiger partial charge in [0, 0.05) is 109 Å². The Bertz CT molecular complexity index is 4620. The lowest BCUT2D eigenvalue weighted by Gasteiger charge is -2.11. The number of amides is 1. The number of nitrogens with zero attached hydrogens (tertiary/aromatic N) is 17. The number of nitrogens with two attached hydrogens (primary N) is 1. The number of alkyl halides is 12. The third-order valence-corrected chi connectivity index (χ3v) is 12.4. The number of aromatic nitrogens is 16. The van der Waals surface area contributed by atoms with Crippen LogP contribution in [0.2, 0.25) is 0 Å². The number of halogens is 12. The van der Waals surface area contributed by atoms with E-state index in [1.54, 1.807) is 48.8 Å². The Hall–Kier alpha value is -13.2. The number of carboxylic acid groups (broad SMARTS) is 1. The molecule has 12 aromatic rings. The Balaban J connectivity index is 0.000000177. The van der Waals surface area contributed by atoms with Gasteiger partial charge < -0.3 is 30.3 Å². The van der Waals surface area contributed by atoms with E-state index in [4.69, 9.17) is 25.0 Å². The smallest absolute Gasteiger partial charge is 0.416 e. The number of carboxylic acids is 1. The van der Waals surface area contributed by atoms with Gasteiger partial charge in [0.1, 0.15) is 30.0 Å². The number of nitro groups is 2. The lowest BCUT2D eigenvalue weighted by Crippen LogP contribution is -2.13. The fourth-order valence-corrected chi connectivity index (χ4v) is 7.91. The number of aliphatic hydroxyl groups excluding tert-OH is 1. The Morgan fingerprint density at radius 2 is 0.950 bits per heavy atom. The number of rotatable bonds is 14. The number of anilines is 2. The number of nitrogens with one attached hydrogen (secondary N) is 2. The molecule has 0 fully saturated rings. The van der Waals surface area contributed by atoms with Crippen LogP contribution in [0.25, 0.3) is 22.9 Å². The monoisotopic (exact) mass is 1410 g/mol. The van der Waals surface area contributed by atoms with Crippen LogP contribution in [0.3, 0.4) is 0 Å². The van der Waals surface area contributed by atoms with Crippen molar-refractivity contribution in [1.82, 2.24) is 79.8 Å². The fourth-order valence-electron chi connectivity index (χ4n) is 7.91. The second-order valence-electron chi connectivity index (χ2n) is 19.4. The van der Waals surface area contributed by atoms with Crippen molar-refractivity contribution in [3.63, 3.8) is 0 Å². The number of carbonyl (C=O) groups excluding carboxylic acids is 1. The summed E-state index contributed by atoms with van der Waals surface area (Å²) in [5.41, 5.74) is 3.38. The Labute approximate surface area is 549 Å². The fraction of sp³-hybridized carbons (Fsp3) is 0.138. The summed E-state index contributed by atoms with van der Waals surface area (Å²) in [6.07, 6.45) is 4.02. The van der Waals surface area contributed by atoms with Crippen LogP contribution in [0, 0.1) is 20.2 Å². The van der Waals surface area contributed by atoms with Crippen LogP contribution >= 0.6 is 0 Å². The highest BCUT2D eigenvalue weighted by Gasteiger charge is 2.36. The van der Waals surface area contributed by atoms with Crippen molar-refractivity contribution in [1.29, 1.82) is 0 Å². The number of pyridine rings is 6. The van der Waals surface area contributed by atoms with Crippen LogP contribution in [0.4, 0.5) is 75.4 Å². The maximum absolute atomic E-state index is 13.1. The van der Waals surface area contributed by atoms with E-state index in [0.29, 0.717) is 34.3 Å². The Morgan fingerprint density at radius 1 is 0.530 bits per heavy atom. The van der Waals surface area contributed by atoms with Crippen molar-refractivity contribution in [2.45, 2.75) is 50.9 Å². The van der Waals surface area contributed by atoms with Gasteiger partial charge in [-0.05, 0) is 48.5 Å². The van der Waals surface area contributed by atoms with Crippen molar-refractivity contribution in [2.75, 3.05) is 11.1 Å². The molecule has 6 N–H and O–H groups in total. The number of aliphatic hydroxyl groups is 1. The third-order valence-electron chi connectivity index (χ3n) is 12.4. The first kappa shape index (κ1) is 74.2. The summed E-state index contributed by atoms with van der Waals surface area (Å²) < 4.78 is 165. The molecular formula is C58H44F12N20O10. The van der Waals surface area contributed by atoms with Gasteiger partial charge in [-0.3, -0.25) is 74.1 Å². The Morgan fingerprint density at radius 3 is 1.31 bits per heavy atom. The molecule has 42 heteroatoms. The van der Waals surface area contributed by atoms with Crippen LogP contribution in [0.5, 0.6) is 0 Å². The van der Waals surface area contributed by atoms with Crippen molar-refractivity contribution in [2.24, 2.45) is 0 Å². The minimum absolute atomic E-state index is 0.00926. The zero-order valence-corrected chi connectivity index (χ0v) is 50.0. The second kappa shape index (κ2) is 33.5. The lowest BCUT2D eigenvalue weighted by atomic mass is 10.1. The summed E-state index contributed by atoms with van der Waals surface area (Å²) in [5, 5.41) is 64.2. The molecule has 0 bridgehead atoms. The topological polar surface area (TPSA) is 410 Å². The number of aromatic carboxylic acids is 1. The molecule has 0 unspecified atom stereocenters. The highest BCUT2D eigenvalue weighted by Crippen LogP contribution is 2.35. The first-order chi connectivity index (χ1) is 47.4. The van der Waals surface area contributed by atoms with Gasteiger partial charge in [0.15, 0.2) is 22.9 Å². The number of H-pyrrole nitrogens is 1. The zero-order chi connectivity index (χ0) is 72.8. The van der Waals surface area contributed by atoms with Gasteiger partial charge in [0.2, 0.25) is 0 Å². The standard InChI is InChI=1S/C19H13F3N6O2.C10H7F3N4O2.C10H9F3N4.C9H6N2O3.C7H6F3NO.C3H3N3O2/c20-19(21,22)14-4-6-23-8-12(14)10-28-11-13(9-25-28)26-18(29)16-7-17(30-27-16)15-3-1-2-5-24-15;11-10(12,13)9-1-2-14-3-7(9)5-16-6-8(4-15-16)17(18)19;11-10(12,13)9-1-2-15-3-7(9)5-17-6-8(14)4-16-17;12-9(13)7-5-8(14-11-7)6-3-1-2-4-10-6;8-7(9,10)6-1-2-11-3-5(6)4-12;7-6(8)3-1-4-5-2-3/h1-9,11H,10H2,(H,26,29);1-4,6H,5H2;1-4,6H,5,14H2;1-5H,(H,12,13);1-3,12H,4H2;1-2H,(H,4,5). The highest BCUT2D eigenvalue weighted by atomic mass is 19.4. The molecule has 0 spiro atoms. The molecule has 12 rings (SSSR count). The molecular weight excluding hydrogens is 1360 g/mol. The molecule has 520 valence electrons. The minimum Gasteiger partial charge on any atom is -0.476 e. The summed E-state index contributed by atoms with van der Waals surface area (Å²) in [4.78, 5) is 64.6. The predicted molar refractivity (Wildman–Crippen MR) is 318 cm³/mol. The molecule has 0 aliphatic rings. The summed E-state index contributed by atoms with van der Waals surface area (Å²) in [5.74, 6) is -0.996. The van der Waals surface area contributed by atoms with Crippen molar-refractivity contribution >= 4 is 34.6 Å². The van der Waals surface area contributed by atoms with E-state index in [1.165, 1.54) is 58.7 Å². The molecule has 30 nitrogen and oxygen atoms in total. The van der Waals surface area contributed by atoms with E-state index in [2.05, 4.69) is 71.0 Å². The number of hydrogen-bond donors (Lipinski definition) is 5. The van der Waals surface area contributed by atoms with Crippen LogP contribution in [-0.2, 0) is 50.9 Å². The average Bonchev–Trinajstić information content (AvgIpc) is 1.43. The molecule has 0 aliphatic carbocycles. The predicted octanol–water partition coefficient (Wildman–Crippen LogP) is 11.2. The molecule has 0 aliphatic heterocycles. The molecule has 0 saturated carbocycles. The van der Waals surface area contributed by atoms with E-state index in [0.717, 1.165) is 90.9 Å². The van der Waals surface area contributed by atoms with Crippen molar-refractivity contribution in [3.8, 4) is 22.9 Å². The van der Waals surface area contributed by atoms with Crippen LogP contribution in [0.15, 0.2) is 193 Å². The maximum atomic E-state index is 13.1. The quantitative estimate of drug-likeness (QED) is 0.0383. The van der Waals surface area contributed by atoms with E-state index < -0.39 is 75.3 Å². The molecule has 12 heterocycles. The summed E-state index contributed by atoms with van der Waals surface area (Å²) in [6, 6.07) is 16.8. The second-order valence-corrected chi connectivity index (χ2v) is 19.4. The molecule has 0 radical (unpaired) electrons. The van der Waals surface area contributed by atoms with Crippen molar-refractivity contribution < 1.29 is 91.4 Å². The van der Waals surface area contributed by atoms with E-state index >= 15 is 0 Å². The minimum atomic E-state index is -4.50. The molecule has 12 aromatic heterocycles. The zero-order valence-electron chi connectivity index (χ0n) is 50.0. The third kappa shape index (κ3) is 21.9. The lowest BCUT2D eigenvalue weighted by molar-refractivity contribution is -0.385. The van der Waals surface area contributed by atoms with E-state index in [9.17, 15) is 82.5 Å². The van der Waals surface area contributed by atoms with Gasteiger partial charge in [-0.2, -0.15) is 73.1 Å². The number of carbonyl (C=O) groups is 2. The molecule has 0 atom stereocenters. The van der Waals surface area contributed by atoms with Gasteiger partial charge >= 0.3 is 42.0 Å². The SMILES string of the molecule is Nc1cnn(Cc2cnccc2C(F)(F)F)c1.O=C(Nc1cnn(Cc2cnccc2C(F)(F)F)c1)c1cc(-c2ccccn2)on1.O=C(O)c1cc(-c2ccccn2)on1.O=[N+]([O-])c1cn[nH]c1.O=[N+]([O-])c1cnn(Cc2cnccc2C(F)(F)F)c1.OCc1cnccc1C(F)(F)F. The number of hydrogen-bond acceptors (Lipinski definition) is 22. The largest absolute Gasteiger partial charge is 0.476 e.